The fraction of sp³-hybridized carbons (Fsp3) is 0.846. The van der Waals surface area contributed by atoms with Crippen molar-refractivity contribution >= 4 is 0 Å². The molecule has 0 bridgehead atoms. The molecule has 0 aromatic heterocycles. The number of fused-ring (bicyclic) bond motifs is 1. The van der Waals surface area contributed by atoms with Gasteiger partial charge in [0.1, 0.15) is 0 Å². The van der Waals surface area contributed by atoms with E-state index in [1.807, 2.05) is 0 Å². The summed E-state index contributed by atoms with van der Waals surface area (Å²) in [6.45, 7) is 4.93. The summed E-state index contributed by atoms with van der Waals surface area (Å²) < 4.78 is 5.17. The first-order chi connectivity index (χ1) is 6.81. The predicted octanol–water partition coefficient (Wildman–Crippen LogP) is 3.41. The summed E-state index contributed by atoms with van der Waals surface area (Å²) in [6, 6.07) is 0. The van der Waals surface area contributed by atoms with Crippen LogP contribution in [0.15, 0.2) is 12.2 Å². The molecule has 2 aliphatic carbocycles. The maximum atomic E-state index is 5.17. The molecule has 1 nitrogen and oxygen atoms in total. The van der Waals surface area contributed by atoms with E-state index in [0.29, 0.717) is 0 Å². The Balaban J connectivity index is 1.89. The van der Waals surface area contributed by atoms with E-state index in [4.69, 9.17) is 4.74 Å². The molecule has 2 aliphatic rings. The zero-order valence-corrected chi connectivity index (χ0v) is 9.30. The van der Waals surface area contributed by atoms with E-state index in [1.54, 1.807) is 7.11 Å². The lowest BCUT2D eigenvalue weighted by Gasteiger charge is -2.24. The van der Waals surface area contributed by atoms with Crippen LogP contribution in [0.2, 0.25) is 0 Å². The summed E-state index contributed by atoms with van der Waals surface area (Å²) in [4.78, 5) is 0. The fourth-order valence-corrected chi connectivity index (χ4v) is 3.37. The van der Waals surface area contributed by atoms with Gasteiger partial charge in [0.25, 0.3) is 0 Å². The van der Waals surface area contributed by atoms with Crippen LogP contribution in [0.1, 0.15) is 38.5 Å². The molecule has 0 saturated heterocycles. The third kappa shape index (κ3) is 2.03. The number of rotatable bonds is 3. The Morgan fingerprint density at radius 3 is 2.29 bits per heavy atom. The molecule has 0 radical (unpaired) electrons. The number of methoxy groups -OCH3 is 1. The van der Waals surface area contributed by atoms with Gasteiger partial charge in [0.15, 0.2) is 0 Å². The Morgan fingerprint density at radius 2 is 1.79 bits per heavy atom. The standard InChI is InChI=1S/C13H22O/c1-10(9-14-2)13-7-11-5-3-4-6-12(11)8-13/h11-13H,1,3-9H2,2H3. The van der Waals surface area contributed by atoms with Crippen molar-refractivity contribution < 1.29 is 4.74 Å². The van der Waals surface area contributed by atoms with Crippen LogP contribution in [0.4, 0.5) is 0 Å². The lowest BCUT2D eigenvalue weighted by Crippen LogP contribution is -2.12. The summed E-state index contributed by atoms with van der Waals surface area (Å²) in [5.74, 6) is 2.80. The van der Waals surface area contributed by atoms with Crippen LogP contribution in [0.3, 0.4) is 0 Å². The lowest BCUT2D eigenvalue weighted by molar-refractivity contribution is 0.216. The summed E-state index contributed by atoms with van der Waals surface area (Å²) in [5, 5.41) is 0. The van der Waals surface area contributed by atoms with Gasteiger partial charge in [-0.2, -0.15) is 0 Å². The third-order valence-electron chi connectivity index (χ3n) is 4.15. The SMILES string of the molecule is C=C(COC)C1CC2CCCCC2C1. The van der Waals surface area contributed by atoms with E-state index in [1.165, 1.54) is 44.1 Å². The maximum absolute atomic E-state index is 5.17. The van der Waals surface area contributed by atoms with Gasteiger partial charge in [0.2, 0.25) is 0 Å². The molecule has 0 N–H and O–H groups in total. The van der Waals surface area contributed by atoms with Crippen molar-refractivity contribution in [1.29, 1.82) is 0 Å². The van der Waals surface area contributed by atoms with Gasteiger partial charge in [0, 0.05) is 7.11 Å². The molecule has 14 heavy (non-hydrogen) atoms. The smallest absolute Gasteiger partial charge is 0.0673 e. The minimum Gasteiger partial charge on any atom is -0.380 e. The van der Waals surface area contributed by atoms with Crippen molar-refractivity contribution in [2.24, 2.45) is 17.8 Å². The molecule has 2 unspecified atom stereocenters. The topological polar surface area (TPSA) is 9.23 Å². The average molecular weight is 194 g/mol. The first kappa shape index (κ1) is 10.2. The first-order valence-corrected chi connectivity index (χ1v) is 5.98. The molecule has 0 aromatic carbocycles. The minimum atomic E-state index is 0.767. The molecule has 0 aliphatic heterocycles. The zero-order valence-electron chi connectivity index (χ0n) is 9.30. The van der Waals surface area contributed by atoms with Crippen LogP contribution in [0, 0.1) is 17.8 Å². The van der Waals surface area contributed by atoms with Crippen molar-refractivity contribution in [3.8, 4) is 0 Å². The quantitative estimate of drug-likeness (QED) is 0.626. The molecule has 1 heteroatoms. The van der Waals surface area contributed by atoms with Gasteiger partial charge in [-0.1, -0.05) is 32.3 Å². The average Bonchev–Trinajstić information content (AvgIpc) is 2.61. The molecule has 2 atom stereocenters. The lowest BCUT2D eigenvalue weighted by atomic mass is 9.82. The van der Waals surface area contributed by atoms with Crippen LogP contribution in [0.5, 0.6) is 0 Å². The van der Waals surface area contributed by atoms with Crippen molar-refractivity contribution in [1.82, 2.24) is 0 Å². The zero-order chi connectivity index (χ0) is 9.97. The highest BCUT2D eigenvalue weighted by molar-refractivity contribution is 5.06. The van der Waals surface area contributed by atoms with Crippen molar-refractivity contribution in [2.75, 3.05) is 13.7 Å². The molecule has 0 aromatic rings. The normalized spacial score (nSPS) is 36.8. The van der Waals surface area contributed by atoms with Crippen LogP contribution in [-0.2, 0) is 4.74 Å². The van der Waals surface area contributed by atoms with Gasteiger partial charge in [0.05, 0.1) is 6.61 Å². The Labute approximate surface area is 87.5 Å². The largest absolute Gasteiger partial charge is 0.380 e. The second-order valence-electron chi connectivity index (χ2n) is 5.06. The molecular formula is C13H22O. The van der Waals surface area contributed by atoms with Gasteiger partial charge < -0.3 is 4.74 Å². The third-order valence-corrected chi connectivity index (χ3v) is 4.15. The molecule has 0 spiro atoms. The molecule has 2 saturated carbocycles. The molecule has 2 fully saturated rings. The van der Waals surface area contributed by atoms with Gasteiger partial charge in [-0.25, -0.2) is 0 Å². The van der Waals surface area contributed by atoms with E-state index in [2.05, 4.69) is 6.58 Å². The number of hydrogen-bond acceptors (Lipinski definition) is 1. The maximum Gasteiger partial charge on any atom is 0.0673 e. The Morgan fingerprint density at radius 1 is 1.21 bits per heavy atom. The summed E-state index contributed by atoms with van der Waals surface area (Å²) >= 11 is 0. The van der Waals surface area contributed by atoms with Crippen LogP contribution < -0.4 is 0 Å². The molecule has 80 valence electrons. The van der Waals surface area contributed by atoms with E-state index in [0.717, 1.165) is 24.4 Å². The van der Waals surface area contributed by atoms with Gasteiger partial charge >= 0.3 is 0 Å². The predicted molar refractivity (Wildman–Crippen MR) is 59.2 cm³/mol. The van der Waals surface area contributed by atoms with Crippen LogP contribution >= 0.6 is 0 Å². The highest BCUT2D eigenvalue weighted by Crippen LogP contribution is 2.47. The minimum absolute atomic E-state index is 0.767. The van der Waals surface area contributed by atoms with E-state index >= 15 is 0 Å². The van der Waals surface area contributed by atoms with Gasteiger partial charge in [-0.15, -0.1) is 0 Å². The van der Waals surface area contributed by atoms with Crippen molar-refractivity contribution in [3.05, 3.63) is 12.2 Å². The highest BCUT2D eigenvalue weighted by Gasteiger charge is 2.36. The number of ether oxygens (including phenoxy) is 1. The second kappa shape index (κ2) is 4.48. The second-order valence-corrected chi connectivity index (χ2v) is 5.06. The van der Waals surface area contributed by atoms with Crippen molar-refractivity contribution in [2.45, 2.75) is 38.5 Å². The fourth-order valence-electron chi connectivity index (χ4n) is 3.37. The summed E-state index contributed by atoms with van der Waals surface area (Å²) in [7, 11) is 1.77. The Kier molecular flexibility index (Phi) is 3.27. The van der Waals surface area contributed by atoms with E-state index in [9.17, 15) is 0 Å². The van der Waals surface area contributed by atoms with Crippen LogP contribution in [0.25, 0.3) is 0 Å². The monoisotopic (exact) mass is 194 g/mol. The van der Waals surface area contributed by atoms with Crippen LogP contribution in [-0.4, -0.2) is 13.7 Å². The molecule has 0 heterocycles. The van der Waals surface area contributed by atoms with E-state index < -0.39 is 0 Å². The van der Waals surface area contributed by atoms with Gasteiger partial charge in [-0.05, 0) is 36.2 Å². The summed E-state index contributed by atoms with van der Waals surface area (Å²) in [6.07, 6.45) is 8.66. The Hall–Kier alpha value is -0.300. The van der Waals surface area contributed by atoms with E-state index in [-0.39, 0.29) is 0 Å². The number of hydrogen-bond donors (Lipinski definition) is 0. The van der Waals surface area contributed by atoms with Gasteiger partial charge in [-0.3, -0.25) is 0 Å². The Bertz CT molecular complexity index is 195. The van der Waals surface area contributed by atoms with Crippen molar-refractivity contribution in [3.63, 3.8) is 0 Å². The molecule has 2 rings (SSSR count). The highest BCUT2D eigenvalue weighted by atomic mass is 16.5. The molecular weight excluding hydrogens is 172 g/mol. The molecule has 0 amide bonds. The first-order valence-electron chi connectivity index (χ1n) is 5.98. The summed E-state index contributed by atoms with van der Waals surface area (Å²) in [5.41, 5.74) is 1.34.